The van der Waals surface area contributed by atoms with Crippen molar-refractivity contribution in [2.45, 2.75) is 13.3 Å². The van der Waals surface area contributed by atoms with Crippen molar-refractivity contribution in [1.29, 1.82) is 0 Å². The van der Waals surface area contributed by atoms with Gasteiger partial charge in [0.1, 0.15) is 17.2 Å². The van der Waals surface area contributed by atoms with Gasteiger partial charge in [-0.2, -0.15) is 0 Å². The Morgan fingerprint density at radius 1 is 0.800 bits per heavy atom. The van der Waals surface area contributed by atoms with Gasteiger partial charge < -0.3 is 14.2 Å². The minimum atomic E-state index is 0.637. The molecule has 0 aliphatic heterocycles. The van der Waals surface area contributed by atoms with Crippen LogP contribution in [0.3, 0.4) is 0 Å². The fraction of sp³-hybridized carbons (Fsp3) is 0.294. The third kappa shape index (κ3) is 4.19. The van der Waals surface area contributed by atoms with Crippen LogP contribution in [0.25, 0.3) is 0 Å². The maximum absolute atomic E-state index is 5.71. The van der Waals surface area contributed by atoms with E-state index in [4.69, 9.17) is 14.2 Å². The van der Waals surface area contributed by atoms with E-state index in [0.717, 1.165) is 29.2 Å². The second-order valence-corrected chi connectivity index (χ2v) is 4.49. The van der Waals surface area contributed by atoms with Crippen LogP contribution in [0.5, 0.6) is 17.2 Å². The zero-order valence-corrected chi connectivity index (χ0v) is 12.0. The van der Waals surface area contributed by atoms with E-state index in [9.17, 15) is 0 Å². The van der Waals surface area contributed by atoms with Crippen LogP contribution in [0.15, 0.2) is 48.5 Å². The first-order valence-electron chi connectivity index (χ1n) is 6.75. The number of hydrogen-bond acceptors (Lipinski definition) is 3. The van der Waals surface area contributed by atoms with Crippen molar-refractivity contribution in [3.05, 3.63) is 54.1 Å². The number of benzene rings is 2. The molecule has 0 bridgehead atoms. The average Bonchev–Trinajstić information content (AvgIpc) is 2.49. The van der Waals surface area contributed by atoms with Crippen molar-refractivity contribution in [3.8, 4) is 17.2 Å². The molecule has 0 radical (unpaired) electrons. The van der Waals surface area contributed by atoms with E-state index in [-0.39, 0.29) is 0 Å². The molecule has 0 spiro atoms. The molecule has 0 heterocycles. The number of methoxy groups -OCH3 is 1. The molecule has 0 aliphatic rings. The first-order chi connectivity index (χ1) is 9.79. The van der Waals surface area contributed by atoms with Gasteiger partial charge in [-0.25, -0.2) is 0 Å². The molecule has 0 saturated carbocycles. The summed E-state index contributed by atoms with van der Waals surface area (Å²) in [5, 5.41) is 0. The number of hydrogen-bond donors (Lipinski definition) is 0. The van der Waals surface area contributed by atoms with Crippen molar-refractivity contribution in [2.24, 2.45) is 0 Å². The highest BCUT2D eigenvalue weighted by Crippen LogP contribution is 2.18. The zero-order chi connectivity index (χ0) is 14.2. The summed E-state index contributed by atoms with van der Waals surface area (Å²) in [5.41, 5.74) is 1.16. The van der Waals surface area contributed by atoms with Gasteiger partial charge in [0.2, 0.25) is 0 Å². The first kappa shape index (κ1) is 14.3. The number of ether oxygens (including phenoxy) is 3. The lowest BCUT2D eigenvalue weighted by molar-refractivity contribution is 0.246. The smallest absolute Gasteiger partial charge is 0.122 e. The van der Waals surface area contributed by atoms with Crippen molar-refractivity contribution in [1.82, 2.24) is 0 Å². The van der Waals surface area contributed by atoms with Gasteiger partial charge in [0.15, 0.2) is 0 Å². The van der Waals surface area contributed by atoms with Crippen LogP contribution in [0, 0.1) is 6.92 Å². The lowest BCUT2D eigenvalue weighted by Crippen LogP contribution is -2.05. The maximum Gasteiger partial charge on any atom is 0.122 e. The van der Waals surface area contributed by atoms with Gasteiger partial charge in [0.25, 0.3) is 0 Å². The summed E-state index contributed by atoms with van der Waals surface area (Å²) >= 11 is 0. The van der Waals surface area contributed by atoms with Crippen LogP contribution >= 0.6 is 0 Å². The van der Waals surface area contributed by atoms with Crippen molar-refractivity contribution < 1.29 is 14.2 Å². The fourth-order valence-corrected chi connectivity index (χ4v) is 1.82. The molecule has 0 N–H and O–H groups in total. The number of para-hydroxylation sites is 1. The summed E-state index contributed by atoms with van der Waals surface area (Å²) in [6.45, 7) is 3.34. The minimum absolute atomic E-state index is 0.637. The lowest BCUT2D eigenvalue weighted by Gasteiger charge is -2.10. The molecule has 0 aliphatic carbocycles. The summed E-state index contributed by atoms with van der Waals surface area (Å²) in [6.07, 6.45) is 0.848. The topological polar surface area (TPSA) is 27.7 Å². The summed E-state index contributed by atoms with van der Waals surface area (Å²) < 4.78 is 16.4. The largest absolute Gasteiger partial charge is 0.497 e. The van der Waals surface area contributed by atoms with E-state index >= 15 is 0 Å². The molecule has 3 nitrogen and oxygen atoms in total. The average molecular weight is 272 g/mol. The second-order valence-electron chi connectivity index (χ2n) is 4.49. The predicted molar refractivity (Wildman–Crippen MR) is 79.8 cm³/mol. The minimum Gasteiger partial charge on any atom is -0.497 e. The highest BCUT2D eigenvalue weighted by Gasteiger charge is 1.98. The molecule has 0 amide bonds. The van der Waals surface area contributed by atoms with E-state index < -0.39 is 0 Å². The second kappa shape index (κ2) is 7.43. The van der Waals surface area contributed by atoms with Gasteiger partial charge in [-0.1, -0.05) is 18.2 Å². The molecule has 2 rings (SSSR count). The number of rotatable bonds is 7. The molecule has 0 atom stereocenters. The van der Waals surface area contributed by atoms with E-state index in [2.05, 4.69) is 0 Å². The Hall–Kier alpha value is -2.16. The van der Waals surface area contributed by atoms with Gasteiger partial charge in [-0.3, -0.25) is 0 Å². The predicted octanol–water partition coefficient (Wildman–Crippen LogP) is 3.85. The van der Waals surface area contributed by atoms with E-state index in [1.807, 2.05) is 55.5 Å². The van der Waals surface area contributed by atoms with E-state index in [1.165, 1.54) is 0 Å². The van der Waals surface area contributed by atoms with Crippen molar-refractivity contribution in [2.75, 3.05) is 20.3 Å². The van der Waals surface area contributed by atoms with Gasteiger partial charge in [0.05, 0.1) is 20.3 Å². The highest BCUT2D eigenvalue weighted by molar-refractivity contribution is 5.32. The fourth-order valence-electron chi connectivity index (χ4n) is 1.82. The summed E-state index contributed by atoms with van der Waals surface area (Å²) in [4.78, 5) is 0. The Morgan fingerprint density at radius 3 is 2.15 bits per heavy atom. The number of aryl methyl sites for hydroxylation is 1. The maximum atomic E-state index is 5.71. The Morgan fingerprint density at radius 2 is 1.45 bits per heavy atom. The van der Waals surface area contributed by atoms with Gasteiger partial charge in [0, 0.05) is 6.42 Å². The Balaban J connectivity index is 1.67. The third-order valence-electron chi connectivity index (χ3n) is 2.97. The van der Waals surface area contributed by atoms with Gasteiger partial charge in [-0.15, -0.1) is 0 Å². The van der Waals surface area contributed by atoms with Crippen LogP contribution in [-0.4, -0.2) is 20.3 Å². The SMILES string of the molecule is COc1ccc(OCCCOc2ccccc2C)cc1. The molecule has 2 aromatic carbocycles. The molecule has 106 valence electrons. The van der Waals surface area contributed by atoms with E-state index in [1.54, 1.807) is 7.11 Å². The summed E-state index contributed by atoms with van der Waals surface area (Å²) in [5.74, 6) is 2.62. The first-order valence-corrected chi connectivity index (χ1v) is 6.75. The van der Waals surface area contributed by atoms with E-state index in [0.29, 0.717) is 13.2 Å². The monoisotopic (exact) mass is 272 g/mol. The van der Waals surface area contributed by atoms with Crippen LogP contribution < -0.4 is 14.2 Å². The highest BCUT2D eigenvalue weighted by atomic mass is 16.5. The Bertz CT molecular complexity index is 520. The van der Waals surface area contributed by atoms with Crippen molar-refractivity contribution in [3.63, 3.8) is 0 Å². The van der Waals surface area contributed by atoms with Crippen LogP contribution in [-0.2, 0) is 0 Å². The molecule has 20 heavy (non-hydrogen) atoms. The third-order valence-corrected chi connectivity index (χ3v) is 2.97. The molecule has 0 unspecified atom stereocenters. The Labute approximate surface area is 120 Å². The molecular formula is C17H20O3. The Kier molecular flexibility index (Phi) is 5.30. The molecule has 0 fully saturated rings. The van der Waals surface area contributed by atoms with Crippen LogP contribution in [0.2, 0.25) is 0 Å². The normalized spacial score (nSPS) is 10.1. The van der Waals surface area contributed by atoms with Crippen molar-refractivity contribution >= 4 is 0 Å². The lowest BCUT2D eigenvalue weighted by atomic mass is 10.2. The van der Waals surface area contributed by atoms with Gasteiger partial charge in [-0.05, 0) is 42.8 Å². The standard InChI is InChI=1S/C17H20O3/c1-14-6-3-4-7-17(14)20-13-5-12-19-16-10-8-15(18-2)9-11-16/h3-4,6-11H,5,12-13H2,1-2H3. The summed E-state index contributed by atoms with van der Waals surface area (Å²) in [6, 6.07) is 15.6. The molecular weight excluding hydrogens is 252 g/mol. The zero-order valence-electron chi connectivity index (χ0n) is 12.0. The molecule has 0 saturated heterocycles. The quantitative estimate of drug-likeness (QED) is 0.716. The molecule has 0 aromatic heterocycles. The molecule has 3 heteroatoms. The van der Waals surface area contributed by atoms with Crippen LogP contribution in [0.1, 0.15) is 12.0 Å². The molecule has 2 aromatic rings. The van der Waals surface area contributed by atoms with Gasteiger partial charge >= 0.3 is 0 Å². The van der Waals surface area contributed by atoms with Crippen LogP contribution in [0.4, 0.5) is 0 Å². The summed E-state index contributed by atoms with van der Waals surface area (Å²) in [7, 11) is 1.65.